The SMILES string of the molecule is COc1ccc(NC2CCCCC2)c(CC(N)=O)c1. The molecule has 1 aromatic carbocycles. The molecule has 1 aromatic rings. The van der Waals surface area contributed by atoms with Crippen molar-refractivity contribution in [3.63, 3.8) is 0 Å². The molecule has 0 spiro atoms. The van der Waals surface area contributed by atoms with Gasteiger partial charge in [-0.15, -0.1) is 0 Å². The van der Waals surface area contributed by atoms with Gasteiger partial charge in [-0.05, 0) is 36.6 Å². The fourth-order valence-corrected chi connectivity index (χ4v) is 2.64. The third-order valence-electron chi connectivity index (χ3n) is 3.64. The van der Waals surface area contributed by atoms with Crippen molar-refractivity contribution in [2.75, 3.05) is 12.4 Å². The Bertz CT molecular complexity index is 440. The topological polar surface area (TPSA) is 64.3 Å². The molecule has 4 heteroatoms. The molecule has 0 unspecified atom stereocenters. The Labute approximate surface area is 114 Å². The van der Waals surface area contributed by atoms with Crippen LogP contribution in [0.25, 0.3) is 0 Å². The van der Waals surface area contributed by atoms with E-state index in [2.05, 4.69) is 5.32 Å². The van der Waals surface area contributed by atoms with Gasteiger partial charge in [0, 0.05) is 11.7 Å². The number of carbonyl (C=O) groups excluding carboxylic acids is 1. The van der Waals surface area contributed by atoms with Gasteiger partial charge < -0.3 is 15.8 Å². The van der Waals surface area contributed by atoms with Gasteiger partial charge in [-0.1, -0.05) is 19.3 Å². The van der Waals surface area contributed by atoms with E-state index in [-0.39, 0.29) is 12.3 Å². The first-order valence-electron chi connectivity index (χ1n) is 6.91. The van der Waals surface area contributed by atoms with Gasteiger partial charge in [0.05, 0.1) is 13.5 Å². The largest absolute Gasteiger partial charge is 0.497 e. The maximum absolute atomic E-state index is 11.2. The average Bonchev–Trinajstić information content (AvgIpc) is 2.41. The fourth-order valence-electron chi connectivity index (χ4n) is 2.64. The Morgan fingerprint density at radius 3 is 2.74 bits per heavy atom. The van der Waals surface area contributed by atoms with Crippen molar-refractivity contribution in [2.24, 2.45) is 5.73 Å². The molecule has 104 valence electrons. The molecular weight excluding hydrogens is 240 g/mol. The van der Waals surface area contributed by atoms with Crippen LogP contribution in [0.2, 0.25) is 0 Å². The maximum atomic E-state index is 11.2. The Morgan fingerprint density at radius 1 is 1.37 bits per heavy atom. The number of hydrogen-bond donors (Lipinski definition) is 2. The lowest BCUT2D eigenvalue weighted by Crippen LogP contribution is -2.23. The van der Waals surface area contributed by atoms with Gasteiger partial charge in [-0.3, -0.25) is 4.79 Å². The number of anilines is 1. The van der Waals surface area contributed by atoms with Crippen LogP contribution in [0.3, 0.4) is 0 Å². The summed E-state index contributed by atoms with van der Waals surface area (Å²) in [5, 5.41) is 3.54. The second-order valence-electron chi connectivity index (χ2n) is 5.15. The van der Waals surface area contributed by atoms with Crippen LogP contribution in [0.1, 0.15) is 37.7 Å². The Hall–Kier alpha value is -1.71. The summed E-state index contributed by atoms with van der Waals surface area (Å²) >= 11 is 0. The van der Waals surface area contributed by atoms with Crippen LogP contribution in [0, 0.1) is 0 Å². The first-order valence-corrected chi connectivity index (χ1v) is 6.91. The normalized spacial score (nSPS) is 16.1. The summed E-state index contributed by atoms with van der Waals surface area (Å²) < 4.78 is 5.20. The number of rotatable bonds is 5. The Balaban J connectivity index is 2.14. The third-order valence-corrected chi connectivity index (χ3v) is 3.64. The standard InChI is InChI=1S/C15H22N2O2/c1-19-13-7-8-14(11(9-13)10-15(16)18)17-12-5-3-2-4-6-12/h7-9,12,17H,2-6,10H2,1H3,(H2,16,18). The van der Waals surface area contributed by atoms with Gasteiger partial charge in [0.1, 0.15) is 5.75 Å². The van der Waals surface area contributed by atoms with Crippen molar-refractivity contribution in [3.05, 3.63) is 23.8 Å². The van der Waals surface area contributed by atoms with E-state index < -0.39 is 0 Å². The number of carbonyl (C=O) groups is 1. The highest BCUT2D eigenvalue weighted by Gasteiger charge is 2.15. The molecule has 2 rings (SSSR count). The molecule has 0 radical (unpaired) electrons. The highest BCUT2D eigenvalue weighted by molar-refractivity contribution is 5.79. The molecule has 0 aromatic heterocycles. The number of primary amides is 1. The molecule has 0 aliphatic heterocycles. The number of nitrogens with two attached hydrogens (primary N) is 1. The van der Waals surface area contributed by atoms with Gasteiger partial charge in [-0.2, -0.15) is 0 Å². The van der Waals surface area contributed by atoms with Crippen LogP contribution >= 0.6 is 0 Å². The molecule has 1 aliphatic rings. The van der Waals surface area contributed by atoms with E-state index in [1.54, 1.807) is 7.11 Å². The minimum Gasteiger partial charge on any atom is -0.497 e. The van der Waals surface area contributed by atoms with E-state index in [0.29, 0.717) is 6.04 Å². The van der Waals surface area contributed by atoms with E-state index in [4.69, 9.17) is 10.5 Å². The third kappa shape index (κ3) is 3.88. The molecule has 19 heavy (non-hydrogen) atoms. The van der Waals surface area contributed by atoms with Gasteiger partial charge in [0.2, 0.25) is 5.91 Å². The second kappa shape index (κ2) is 6.45. The van der Waals surface area contributed by atoms with Crippen LogP contribution in [-0.4, -0.2) is 19.1 Å². The quantitative estimate of drug-likeness (QED) is 0.856. The number of benzene rings is 1. The Morgan fingerprint density at radius 2 is 2.11 bits per heavy atom. The number of hydrogen-bond acceptors (Lipinski definition) is 3. The van der Waals surface area contributed by atoms with Crippen LogP contribution in [0.4, 0.5) is 5.69 Å². The number of methoxy groups -OCH3 is 1. The predicted molar refractivity (Wildman–Crippen MR) is 76.4 cm³/mol. The minimum absolute atomic E-state index is 0.242. The summed E-state index contributed by atoms with van der Waals surface area (Å²) in [6, 6.07) is 6.28. The van der Waals surface area contributed by atoms with Crippen LogP contribution in [0.15, 0.2) is 18.2 Å². The van der Waals surface area contributed by atoms with Crippen LogP contribution < -0.4 is 15.8 Å². The van der Waals surface area contributed by atoms with Crippen LogP contribution in [-0.2, 0) is 11.2 Å². The molecule has 0 heterocycles. The van der Waals surface area contributed by atoms with Gasteiger partial charge in [0.25, 0.3) is 0 Å². The maximum Gasteiger partial charge on any atom is 0.221 e. The van der Waals surface area contributed by atoms with E-state index in [9.17, 15) is 4.79 Å². The fraction of sp³-hybridized carbons (Fsp3) is 0.533. The zero-order chi connectivity index (χ0) is 13.7. The molecule has 3 N–H and O–H groups in total. The van der Waals surface area contributed by atoms with Crippen molar-refractivity contribution in [2.45, 2.75) is 44.6 Å². The van der Waals surface area contributed by atoms with E-state index in [1.165, 1.54) is 32.1 Å². The summed E-state index contributed by atoms with van der Waals surface area (Å²) in [4.78, 5) is 11.2. The molecular formula is C15H22N2O2. The smallest absolute Gasteiger partial charge is 0.221 e. The number of amides is 1. The first-order chi connectivity index (χ1) is 9.19. The van der Waals surface area contributed by atoms with Gasteiger partial charge in [-0.25, -0.2) is 0 Å². The lowest BCUT2D eigenvalue weighted by atomic mass is 9.95. The van der Waals surface area contributed by atoms with Crippen molar-refractivity contribution in [1.82, 2.24) is 0 Å². The van der Waals surface area contributed by atoms with Crippen molar-refractivity contribution in [3.8, 4) is 5.75 Å². The average molecular weight is 262 g/mol. The zero-order valence-electron chi connectivity index (χ0n) is 11.4. The summed E-state index contributed by atoms with van der Waals surface area (Å²) in [6.07, 6.45) is 6.52. The molecule has 1 fully saturated rings. The van der Waals surface area contributed by atoms with Crippen molar-refractivity contribution in [1.29, 1.82) is 0 Å². The predicted octanol–water partition coefficient (Wildman–Crippen LogP) is 2.47. The Kier molecular flexibility index (Phi) is 4.66. The molecule has 0 bridgehead atoms. The summed E-state index contributed by atoms with van der Waals surface area (Å²) in [6.45, 7) is 0. The van der Waals surface area contributed by atoms with E-state index >= 15 is 0 Å². The molecule has 4 nitrogen and oxygen atoms in total. The van der Waals surface area contributed by atoms with Gasteiger partial charge >= 0.3 is 0 Å². The zero-order valence-corrected chi connectivity index (χ0v) is 11.4. The van der Waals surface area contributed by atoms with Crippen molar-refractivity contribution < 1.29 is 9.53 Å². The molecule has 0 atom stereocenters. The highest BCUT2D eigenvalue weighted by Crippen LogP contribution is 2.26. The van der Waals surface area contributed by atoms with Crippen molar-refractivity contribution >= 4 is 11.6 Å². The number of nitrogens with one attached hydrogen (secondary N) is 1. The summed E-state index contributed by atoms with van der Waals surface area (Å²) in [5.41, 5.74) is 7.23. The monoisotopic (exact) mass is 262 g/mol. The summed E-state index contributed by atoms with van der Waals surface area (Å²) in [5.74, 6) is 0.436. The molecule has 1 saturated carbocycles. The first kappa shape index (κ1) is 13.7. The van der Waals surface area contributed by atoms with Crippen LogP contribution in [0.5, 0.6) is 5.75 Å². The van der Waals surface area contributed by atoms with E-state index in [0.717, 1.165) is 17.0 Å². The second-order valence-corrected chi connectivity index (χ2v) is 5.15. The minimum atomic E-state index is -0.319. The lowest BCUT2D eigenvalue weighted by Gasteiger charge is -2.25. The van der Waals surface area contributed by atoms with Gasteiger partial charge in [0.15, 0.2) is 0 Å². The molecule has 1 amide bonds. The highest BCUT2D eigenvalue weighted by atomic mass is 16.5. The number of ether oxygens (including phenoxy) is 1. The lowest BCUT2D eigenvalue weighted by molar-refractivity contribution is -0.117. The van der Waals surface area contributed by atoms with E-state index in [1.807, 2.05) is 18.2 Å². The summed E-state index contributed by atoms with van der Waals surface area (Å²) in [7, 11) is 1.62. The molecule has 0 saturated heterocycles. The molecule has 1 aliphatic carbocycles.